The maximum absolute atomic E-state index is 14.6. The van der Waals surface area contributed by atoms with Crippen molar-refractivity contribution in [2.24, 2.45) is 5.73 Å². The average molecular weight is 463 g/mol. The fourth-order valence-corrected chi connectivity index (χ4v) is 4.49. The van der Waals surface area contributed by atoms with E-state index in [1.807, 2.05) is 6.07 Å². The van der Waals surface area contributed by atoms with Crippen molar-refractivity contribution in [1.29, 1.82) is 0 Å². The Balaban J connectivity index is 1.66. The second kappa shape index (κ2) is 8.49. The Labute approximate surface area is 184 Å². The van der Waals surface area contributed by atoms with Gasteiger partial charge in [0.25, 0.3) is 11.8 Å². The molecular weight excluding hydrogens is 444 g/mol. The largest absolute Gasteiger partial charge is 0.465 e. The van der Waals surface area contributed by atoms with Crippen LogP contribution in [0.1, 0.15) is 29.6 Å². The Morgan fingerprint density at radius 3 is 2.88 bits per heavy atom. The molecule has 3 heterocycles. The zero-order valence-corrected chi connectivity index (χ0v) is 17.3. The van der Waals surface area contributed by atoms with Gasteiger partial charge in [-0.15, -0.1) is 11.3 Å². The van der Waals surface area contributed by atoms with Crippen LogP contribution in [0.25, 0.3) is 10.2 Å². The van der Waals surface area contributed by atoms with E-state index in [0.717, 1.165) is 16.4 Å². The Bertz CT molecular complexity index is 1170. The highest BCUT2D eigenvalue weighted by Crippen LogP contribution is 2.36. The van der Waals surface area contributed by atoms with Crippen molar-refractivity contribution in [3.05, 3.63) is 35.5 Å². The minimum Gasteiger partial charge on any atom is -0.465 e. The molecule has 0 saturated heterocycles. The number of hydrogen-bond donors (Lipinski definition) is 5. The molecule has 3 aromatic heterocycles. The fraction of sp³-hybridized carbons (Fsp3) is 0.316. The number of primary amides is 1. The van der Waals surface area contributed by atoms with E-state index in [0.29, 0.717) is 5.69 Å². The van der Waals surface area contributed by atoms with Crippen LogP contribution in [0.4, 0.5) is 31.0 Å². The van der Waals surface area contributed by atoms with Crippen molar-refractivity contribution in [1.82, 2.24) is 20.3 Å². The maximum Gasteiger partial charge on any atom is 0.404 e. The lowest BCUT2D eigenvalue weighted by Crippen LogP contribution is -2.57. The van der Waals surface area contributed by atoms with Gasteiger partial charge in [0.1, 0.15) is 22.3 Å². The van der Waals surface area contributed by atoms with Crippen molar-refractivity contribution in [3.8, 4) is 0 Å². The Morgan fingerprint density at radius 2 is 2.12 bits per heavy atom. The van der Waals surface area contributed by atoms with Gasteiger partial charge in [-0.2, -0.15) is 4.98 Å². The lowest BCUT2D eigenvalue weighted by atomic mass is 9.87. The second-order valence-corrected chi connectivity index (χ2v) is 8.14. The van der Waals surface area contributed by atoms with Gasteiger partial charge in [0.15, 0.2) is 0 Å². The van der Waals surface area contributed by atoms with Gasteiger partial charge < -0.3 is 26.8 Å². The fourth-order valence-electron chi connectivity index (χ4n) is 3.65. The smallest absolute Gasteiger partial charge is 0.404 e. The standard InChI is InChI=1S/C19H19F2N7O3S/c20-19(21)5-1-4-11(26-18(30)31)13(19)27-17-24-7-10(14(22)29)15(28-17)25-12-8-32-16-9(12)3-2-6-23-16/h2-3,6-8,11,13,26H,1,4-5H2,(H2,22,29)(H,30,31)(H2,24,25,27,28)/t11-,13-/m0/s1. The van der Waals surface area contributed by atoms with Crippen LogP contribution in [-0.2, 0) is 0 Å². The van der Waals surface area contributed by atoms with Crippen LogP contribution in [0.5, 0.6) is 0 Å². The van der Waals surface area contributed by atoms with Crippen molar-refractivity contribution < 1.29 is 23.5 Å². The molecule has 6 N–H and O–H groups in total. The van der Waals surface area contributed by atoms with Crippen molar-refractivity contribution in [2.75, 3.05) is 10.6 Å². The Morgan fingerprint density at radius 1 is 1.31 bits per heavy atom. The highest BCUT2D eigenvalue weighted by atomic mass is 32.1. The zero-order valence-electron chi connectivity index (χ0n) is 16.5. The number of thiophene rings is 1. The minimum absolute atomic E-state index is 0.0282. The van der Waals surface area contributed by atoms with Gasteiger partial charge in [-0.1, -0.05) is 0 Å². The number of nitrogens with two attached hydrogens (primary N) is 1. The van der Waals surface area contributed by atoms with E-state index in [4.69, 9.17) is 10.8 Å². The molecule has 1 aliphatic rings. The van der Waals surface area contributed by atoms with E-state index in [1.165, 1.54) is 11.3 Å². The first-order valence-corrected chi connectivity index (χ1v) is 10.5. The summed E-state index contributed by atoms with van der Waals surface area (Å²) in [7, 11) is 0. The van der Waals surface area contributed by atoms with E-state index in [9.17, 15) is 18.4 Å². The summed E-state index contributed by atoms with van der Waals surface area (Å²) in [5.41, 5.74) is 6.00. The van der Waals surface area contributed by atoms with Crippen LogP contribution in [0.2, 0.25) is 0 Å². The van der Waals surface area contributed by atoms with Crippen LogP contribution in [-0.4, -0.2) is 50.1 Å². The number of carbonyl (C=O) groups is 2. The van der Waals surface area contributed by atoms with Gasteiger partial charge in [-0.25, -0.2) is 23.5 Å². The van der Waals surface area contributed by atoms with Gasteiger partial charge in [0, 0.05) is 29.6 Å². The van der Waals surface area contributed by atoms with Crippen LogP contribution in [0.3, 0.4) is 0 Å². The maximum atomic E-state index is 14.6. The zero-order chi connectivity index (χ0) is 22.9. The van der Waals surface area contributed by atoms with Gasteiger partial charge in [-0.3, -0.25) is 4.79 Å². The van der Waals surface area contributed by atoms with Crippen LogP contribution >= 0.6 is 11.3 Å². The number of fused-ring (bicyclic) bond motifs is 1. The predicted octanol–water partition coefficient (Wildman–Crippen LogP) is 3.16. The third-order valence-electron chi connectivity index (χ3n) is 5.13. The summed E-state index contributed by atoms with van der Waals surface area (Å²) >= 11 is 1.37. The normalized spacial score (nSPS) is 19.9. The van der Waals surface area contributed by atoms with E-state index < -0.39 is 36.4 Å². The first-order valence-electron chi connectivity index (χ1n) is 9.64. The summed E-state index contributed by atoms with van der Waals surface area (Å²) in [6.07, 6.45) is 1.39. The molecule has 10 nitrogen and oxygen atoms in total. The van der Waals surface area contributed by atoms with Crippen LogP contribution in [0.15, 0.2) is 29.9 Å². The van der Waals surface area contributed by atoms with E-state index in [1.54, 1.807) is 17.6 Å². The third kappa shape index (κ3) is 4.37. The van der Waals surface area contributed by atoms with Gasteiger partial charge in [0.2, 0.25) is 5.95 Å². The molecule has 2 amide bonds. The lowest BCUT2D eigenvalue weighted by molar-refractivity contribution is -0.0549. The molecule has 0 aromatic carbocycles. The first-order chi connectivity index (χ1) is 15.2. The molecule has 4 rings (SSSR count). The molecule has 1 fully saturated rings. The van der Waals surface area contributed by atoms with E-state index in [2.05, 4.69) is 30.9 Å². The summed E-state index contributed by atoms with van der Waals surface area (Å²) in [4.78, 5) is 36.1. The number of aromatic nitrogens is 3. The molecule has 3 aromatic rings. The minimum atomic E-state index is -3.19. The predicted molar refractivity (Wildman–Crippen MR) is 115 cm³/mol. The Kier molecular flexibility index (Phi) is 5.74. The summed E-state index contributed by atoms with van der Waals surface area (Å²) in [6, 6.07) is 0.976. The summed E-state index contributed by atoms with van der Waals surface area (Å²) in [6.45, 7) is 0. The lowest BCUT2D eigenvalue weighted by Gasteiger charge is -2.38. The molecule has 32 heavy (non-hydrogen) atoms. The molecule has 0 radical (unpaired) electrons. The number of anilines is 3. The van der Waals surface area contributed by atoms with Gasteiger partial charge >= 0.3 is 6.09 Å². The number of amides is 2. The van der Waals surface area contributed by atoms with Crippen molar-refractivity contribution in [2.45, 2.75) is 37.3 Å². The molecule has 0 aliphatic heterocycles. The number of carboxylic acid groups (broad SMARTS) is 1. The summed E-state index contributed by atoms with van der Waals surface area (Å²) in [5, 5.41) is 19.3. The number of pyridine rings is 1. The van der Waals surface area contributed by atoms with E-state index >= 15 is 0 Å². The quantitative estimate of drug-likeness (QED) is 0.373. The van der Waals surface area contributed by atoms with Crippen LogP contribution in [0, 0.1) is 0 Å². The SMILES string of the molecule is NC(=O)c1cnc(N[C@H]2[C@@H](NC(=O)O)CCCC2(F)F)nc1Nc1csc2ncccc12. The summed E-state index contributed by atoms with van der Waals surface area (Å²) < 4.78 is 29.2. The van der Waals surface area contributed by atoms with Gasteiger partial charge in [0.05, 0.1) is 11.7 Å². The summed E-state index contributed by atoms with van der Waals surface area (Å²) in [5.74, 6) is -4.16. The monoisotopic (exact) mass is 463 g/mol. The number of hydrogen-bond acceptors (Lipinski definition) is 8. The molecule has 0 spiro atoms. The van der Waals surface area contributed by atoms with E-state index in [-0.39, 0.29) is 30.2 Å². The molecule has 1 saturated carbocycles. The number of nitrogens with zero attached hydrogens (tertiary/aromatic N) is 3. The second-order valence-electron chi connectivity index (χ2n) is 7.28. The molecule has 2 atom stereocenters. The topological polar surface area (TPSA) is 155 Å². The first kappa shape index (κ1) is 21.6. The molecule has 1 aliphatic carbocycles. The average Bonchev–Trinajstić information content (AvgIpc) is 3.13. The number of rotatable bonds is 6. The molecule has 168 valence electrons. The number of carbonyl (C=O) groups excluding carboxylic acids is 1. The molecule has 0 unspecified atom stereocenters. The van der Waals surface area contributed by atoms with Crippen molar-refractivity contribution in [3.63, 3.8) is 0 Å². The number of nitrogens with one attached hydrogen (secondary N) is 3. The molecular formula is C19H19F2N7O3S. The Hall–Kier alpha value is -3.61. The highest BCUT2D eigenvalue weighted by Gasteiger charge is 2.48. The molecule has 13 heteroatoms. The third-order valence-corrected chi connectivity index (χ3v) is 6.04. The highest BCUT2D eigenvalue weighted by molar-refractivity contribution is 7.17. The van der Waals surface area contributed by atoms with Crippen LogP contribution < -0.4 is 21.7 Å². The molecule has 0 bridgehead atoms. The van der Waals surface area contributed by atoms with Crippen molar-refractivity contribution >= 4 is 51.0 Å². The van der Waals surface area contributed by atoms with Gasteiger partial charge in [-0.05, 0) is 25.0 Å². The number of halogens is 2. The number of alkyl halides is 2.